The van der Waals surface area contributed by atoms with Crippen LogP contribution in [0.3, 0.4) is 0 Å². The van der Waals surface area contributed by atoms with E-state index in [-0.39, 0.29) is 28.5 Å². The largest absolute Gasteiger partial charge is 0.319 e. The Morgan fingerprint density at radius 3 is 2.44 bits per heavy atom. The molecule has 3 nitrogen and oxygen atoms in total. The summed E-state index contributed by atoms with van der Waals surface area (Å²) >= 11 is 6.05. The number of carbonyl (C=O) groups is 2. The lowest BCUT2D eigenvalue weighted by molar-refractivity contribution is -0.118. The Morgan fingerprint density at radius 2 is 1.80 bits per heavy atom. The van der Waals surface area contributed by atoms with E-state index in [1.807, 2.05) is 13.8 Å². The van der Waals surface area contributed by atoms with E-state index < -0.39 is 17.5 Å². The van der Waals surface area contributed by atoms with Gasteiger partial charge in [-0.15, -0.1) is 0 Å². The van der Waals surface area contributed by atoms with Crippen molar-refractivity contribution in [2.24, 2.45) is 0 Å². The number of ketones is 1. The summed E-state index contributed by atoms with van der Waals surface area (Å²) in [6, 6.07) is 7.47. The van der Waals surface area contributed by atoms with Crippen molar-refractivity contribution in [2.45, 2.75) is 33.6 Å². The van der Waals surface area contributed by atoms with Crippen molar-refractivity contribution in [1.82, 2.24) is 0 Å². The zero-order chi connectivity index (χ0) is 19.0. The van der Waals surface area contributed by atoms with Gasteiger partial charge in [0.25, 0.3) is 5.91 Å². The molecular weight excluding hydrogens is 348 g/mol. The molecule has 134 valence electrons. The number of hydrogen-bond acceptors (Lipinski definition) is 2. The normalized spacial score (nSPS) is 9.84. The molecule has 0 heterocycles. The highest BCUT2D eigenvalue weighted by molar-refractivity contribution is 6.34. The number of amides is 1. The van der Waals surface area contributed by atoms with Gasteiger partial charge in [-0.25, -0.2) is 8.78 Å². The van der Waals surface area contributed by atoms with Gasteiger partial charge >= 0.3 is 0 Å². The van der Waals surface area contributed by atoms with Crippen molar-refractivity contribution in [1.29, 1.82) is 0 Å². The molecule has 0 aliphatic heterocycles. The van der Waals surface area contributed by atoms with Crippen LogP contribution in [0.4, 0.5) is 14.5 Å². The highest BCUT2D eigenvalue weighted by atomic mass is 35.5. The van der Waals surface area contributed by atoms with Crippen LogP contribution in [-0.4, -0.2) is 11.7 Å². The zero-order valence-electron chi connectivity index (χ0n) is 14.3. The van der Waals surface area contributed by atoms with Gasteiger partial charge in [0.05, 0.1) is 16.3 Å². The first-order valence-electron chi connectivity index (χ1n) is 7.98. The third-order valence-corrected chi connectivity index (χ3v) is 3.60. The van der Waals surface area contributed by atoms with Crippen LogP contribution in [0.15, 0.2) is 36.4 Å². The number of nitrogens with one attached hydrogen (secondary N) is 1. The van der Waals surface area contributed by atoms with E-state index in [1.165, 1.54) is 6.07 Å². The van der Waals surface area contributed by atoms with Crippen LogP contribution < -0.4 is 5.32 Å². The lowest BCUT2D eigenvalue weighted by Gasteiger charge is -2.12. The average molecular weight is 368 g/mol. The SMILES string of the molecule is CC.CCC(=O)Cc1cccc(Cl)c1C(=O)Nc1cc(F)ccc1F. The van der Waals surface area contributed by atoms with E-state index >= 15 is 0 Å². The fourth-order valence-corrected chi connectivity index (χ4v) is 2.37. The van der Waals surface area contributed by atoms with Gasteiger partial charge in [0, 0.05) is 18.9 Å². The Bertz CT molecular complexity index is 763. The van der Waals surface area contributed by atoms with Crippen LogP contribution in [0, 0.1) is 11.6 Å². The van der Waals surface area contributed by atoms with Crippen molar-refractivity contribution in [3.8, 4) is 0 Å². The molecule has 6 heteroatoms. The molecule has 25 heavy (non-hydrogen) atoms. The molecular formula is C19H20ClF2NO2. The van der Waals surface area contributed by atoms with Crippen LogP contribution in [0.5, 0.6) is 0 Å². The van der Waals surface area contributed by atoms with Crippen LogP contribution in [-0.2, 0) is 11.2 Å². The molecule has 1 amide bonds. The summed E-state index contributed by atoms with van der Waals surface area (Å²) < 4.78 is 26.8. The third-order valence-electron chi connectivity index (χ3n) is 3.29. The molecule has 0 aromatic heterocycles. The number of hydrogen-bond donors (Lipinski definition) is 1. The summed E-state index contributed by atoms with van der Waals surface area (Å²) in [5.74, 6) is -2.20. The van der Waals surface area contributed by atoms with Crippen LogP contribution in [0.25, 0.3) is 0 Å². The second kappa shape index (κ2) is 9.89. The Morgan fingerprint density at radius 1 is 1.12 bits per heavy atom. The molecule has 2 rings (SSSR count). The minimum absolute atomic E-state index is 0.0471. The molecule has 2 aromatic rings. The van der Waals surface area contributed by atoms with Crippen molar-refractivity contribution in [2.75, 3.05) is 5.32 Å². The van der Waals surface area contributed by atoms with Gasteiger partial charge in [-0.3, -0.25) is 9.59 Å². The van der Waals surface area contributed by atoms with Crippen molar-refractivity contribution in [3.05, 3.63) is 64.2 Å². The smallest absolute Gasteiger partial charge is 0.257 e. The first kappa shape index (κ1) is 20.8. The highest BCUT2D eigenvalue weighted by Gasteiger charge is 2.18. The Labute approximate surface area is 151 Å². The first-order chi connectivity index (χ1) is 11.9. The molecule has 0 radical (unpaired) electrons. The van der Waals surface area contributed by atoms with Gasteiger partial charge in [0.2, 0.25) is 0 Å². The summed E-state index contributed by atoms with van der Waals surface area (Å²) in [5, 5.41) is 2.43. The second-order valence-corrected chi connectivity index (χ2v) is 5.33. The zero-order valence-corrected chi connectivity index (χ0v) is 15.1. The number of Topliss-reactive ketones (excluding diaryl/α,β-unsaturated/α-hetero) is 1. The number of rotatable bonds is 5. The molecule has 0 aliphatic rings. The van der Waals surface area contributed by atoms with Crippen LogP contribution >= 0.6 is 11.6 Å². The van der Waals surface area contributed by atoms with E-state index in [0.717, 1.165) is 18.2 Å². The Balaban J connectivity index is 0.00000151. The average Bonchev–Trinajstić information content (AvgIpc) is 2.59. The summed E-state index contributed by atoms with van der Waals surface area (Å²) in [6.45, 7) is 5.72. The third kappa shape index (κ3) is 5.64. The van der Waals surface area contributed by atoms with Gasteiger partial charge < -0.3 is 5.32 Å². The van der Waals surface area contributed by atoms with E-state index in [4.69, 9.17) is 11.6 Å². The second-order valence-electron chi connectivity index (χ2n) is 4.92. The lowest BCUT2D eigenvalue weighted by Crippen LogP contribution is -2.17. The van der Waals surface area contributed by atoms with Gasteiger partial charge in [-0.2, -0.15) is 0 Å². The molecule has 2 aromatic carbocycles. The molecule has 0 unspecified atom stereocenters. The van der Waals surface area contributed by atoms with E-state index in [9.17, 15) is 18.4 Å². The van der Waals surface area contributed by atoms with E-state index in [2.05, 4.69) is 5.32 Å². The lowest BCUT2D eigenvalue weighted by atomic mass is 10.0. The molecule has 0 fully saturated rings. The van der Waals surface area contributed by atoms with Crippen molar-refractivity contribution < 1.29 is 18.4 Å². The van der Waals surface area contributed by atoms with E-state index in [0.29, 0.717) is 12.0 Å². The summed E-state index contributed by atoms with van der Waals surface area (Å²) in [7, 11) is 0. The maximum atomic E-state index is 13.6. The van der Waals surface area contributed by atoms with Gasteiger partial charge in [0.1, 0.15) is 17.4 Å². The minimum Gasteiger partial charge on any atom is -0.319 e. The Kier molecular flexibility index (Phi) is 8.22. The number of anilines is 1. The van der Waals surface area contributed by atoms with Gasteiger partial charge in [-0.05, 0) is 23.8 Å². The summed E-state index contributed by atoms with van der Waals surface area (Å²) in [5.41, 5.74) is 0.237. The quantitative estimate of drug-likeness (QED) is 0.767. The molecule has 0 aliphatic carbocycles. The van der Waals surface area contributed by atoms with Crippen molar-refractivity contribution >= 4 is 29.0 Å². The molecule has 0 spiro atoms. The molecule has 1 N–H and O–H groups in total. The standard InChI is InChI=1S/C17H14ClF2NO2.C2H6/c1-2-12(22)8-10-4-3-5-13(18)16(10)17(23)21-15-9-11(19)6-7-14(15)20;1-2/h3-7,9H,2,8H2,1H3,(H,21,23);1-2H3. The highest BCUT2D eigenvalue weighted by Crippen LogP contribution is 2.24. The van der Waals surface area contributed by atoms with E-state index in [1.54, 1.807) is 19.1 Å². The maximum Gasteiger partial charge on any atom is 0.257 e. The molecule has 0 saturated heterocycles. The topological polar surface area (TPSA) is 46.2 Å². The fourth-order valence-electron chi connectivity index (χ4n) is 2.09. The monoisotopic (exact) mass is 367 g/mol. The Hall–Kier alpha value is -2.27. The maximum absolute atomic E-state index is 13.6. The molecule has 0 bridgehead atoms. The number of benzene rings is 2. The van der Waals surface area contributed by atoms with Crippen LogP contribution in [0.1, 0.15) is 43.1 Å². The summed E-state index contributed by atoms with van der Waals surface area (Å²) in [6.07, 6.45) is 0.373. The van der Waals surface area contributed by atoms with Crippen LogP contribution in [0.2, 0.25) is 5.02 Å². The predicted molar refractivity (Wildman–Crippen MR) is 96.1 cm³/mol. The first-order valence-corrected chi connectivity index (χ1v) is 8.35. The number of halogens is 3. The van der Waals surface area contributed by atoms with Gasteiger partial charge in [0.15, 0.2) is 0 Å². The van der Waals surface area contributed by atoms with Crippen molar-refractivity contribution in [3.63, 3.8) is 0 Å². The number of carbonyl (C=O) groups excluding carboxylic acids is 2. The predicted octanol–water partition coefficient (Wildman–Crippen LogP) is 5.42. The van der Waals surface area contributed by atoms with Gasteiger partial charge in [-0.1, -0.05) is 44.5 Å². The minimum atomic E-state index is -0.766. The molecule has 0 atom stereocenters. The fraction of sp³-hybridized carbons (Fsp3) is 0.263. The molecule has 0 saturated carbocycles. The summed E-state index contributed by atoms with van der Waals surface area (Å²) in [4.78, 5) is 24.0.